The van der Waals surface area contributed by atoms with Crippen molar-refractivity contribution in [3.8, 4) is 0 Å². The zero-order valence-corrected chi connectivity index (χ0v) is 31.8. The first-order chi connectivity index (χ1) is 18.5. The van der Waals surface area contributed by atoms with E-state index in [1.165, 1.54) is 47.1 Å². The fourth-order valence-electron chi connectivity index (χ4n) is 5.74. The van der Waals surface area contributed by atoms with E-state index in [-0.39, 0.29) is 16.2 Å². The second-order valence-electron chi connectivity index (χ2n) is 19.8. The SMILES string of the molecule is CC(C)(C)CC(c1ccc(C(C)(C)C)cc1)C(C)(C)C.CCC(CC(C)(C)C)c1cc(C(C)(C)C)cc(C(C)(C)C)c1. The summed E-state index contributed by atoms with van der Waals surface area (Å²) in [5.74, 6) is 1.26. The van der Waals surface area contributed by atoms with E-state index in [2.05, 4.69) is 174 Å². The topological polar surface area (TPSA) is 0 Å². The molecule has 0 bridgehead atoms. The fourth-order valence-corrected chi connectivity index (χ4v) is 5.74. The minimum atomic E-state index is 0.204. The molecule has 0 aliphatic rings. The van der Waals surface area contributed by atoms with Crippen molar-refractivity contribution in [2.24, 2.45) is 16.2 Å². The molecule has 2 aromatic rings. The highest BCUT2D eigenvalue weighted by Gasteiger charge is 2.30. The van der Waals surface area contributed by atoms with Crippen LogP contribution >= 0.6 is 0 Å². The molecule has 0 aromatic heterocycles. The van der Waals surface area contributed by atoms with E-state index in [1.54, 1.807) is 0 Å². The molecule has 0 N–H and O–H groups in total. The van der Waals surface area contributed by atoms with Crippen LogP contribution in [0.2, 0.25) is 0 Å². The summed E-state index contributed by atoms with van der Waals surface area (Å²) in [6, 6.07) is 16.7. The maximum absolute atomic E-state index is 2.47. The van der Waals surface area contributed by atoms with E-state index in [0.717, 1.165) is 0 Å². The monoisotopic (exact) mass is 577 g/mol. The summed E-state index contributed by atoms with van der Waals surface area (Å²) in [7, 11) is 0. The normalized spacial score (nSPS) is 15.1. The third kappa shape index (κ3) is 13.0. The lowest BCUT2D eigenvalue weighted by Crippen LogP contribution is -2.24. The van der Waals surface area contributed by atoms with Gasteiger partial charge in [0.15, 0.2) is 0 Å². The molecule has 0 fully saturated rings. The molecule has 0 saturated heterocycles. The van der Waals surface area contributed by atoms with E-state index >= 15 is 0 Å². The average molecular weight is 577 g/mol. The molecule has 0 nitrogen and oxygen atoms in total. The van der Waals surface area contributed by atoms with E-state index < -0.39 is 0 Å². The van der Waals surface area contributed by atoms with Gasteiger partial charge >= 0.3 is 0 Å². The summed E-state index contributed by atoms with van der Waals surface area (Å²) in [4.78, 5) is 0. The molecular weight excluding hydrogens is 504 g/mol. The molecule has 0 saturated carbocycles. The Morgan fingerprint density at radius 3 is 1.12 bits per heavy atom. The van der Waals surface area contributed by atoms with Gasteiger partial charge < -0.3 is 0 Å². The molecule has 0 radical (unpaired) electrons. The van der Waals surface area contributed by atoms with E-state index in [4.69, 9.17) is 0 Å². The van der Waals surface area contributed by atoms with E-state index in [1.807, 2.05) is 0 Å². The van der Waals surface area contributed by atoms with Gasteiger partial charge in [0, 0.05) is 0 Å². The second-order valence-corrected chi connectivity index (χ2v) is 19.8. The third-order valence-electron chi connectivity index (χ3n) is 8.55. The lowest BCUT2D eigenvalue weighted by atomic mass is 9.69. The lowest BCUT2D eigenvalue weighted by molar-refractivity contribution is 0.229. The van der Waals surface area contributed by atoms with Crippen LogP contribution in [0.5, 0.6) is 0 Å². The van der Waals surface area contributed by atoms with E-state index in [0.29, 0.717) is 28.1 Å². The van der Waals surface area contributed by atoms with Gasteiger partial charge in [-0.2, -0.15) is 0 Å². The summed E-state index contributed by atoms with van der Waals surface area (Å²) in [6.07, 6.45) is 3.69. The summed E-state index contributed by atoms with van der Waals surface area (Å²) >= 11 is 0. The summed E-state index contributed by atoms with van der Waals surface area (Å²) < 4.78 is 0. The zero-order chi connectivity index (χ0) is 33.1. The number of rotatable bonds is 5. The molecule has 240 valence electrons. The van der Waals surface area contributed by atoms with Gasteiger partial charge in [-0.05, 0) is 91.4 Å². The van der Waals surface area contributed by atoms with Gasteiger partial charge in [0.25, 0.3) is 0 Å². The first-order valence-electron chi connectivity index (χ1n) is 16.8. The van der Waals surface area contributed by atoms with Crippen LogP contribution in [0.4, 0.5) is 0 Å². The maximum atomic E-state index is 2.47. The van der Waals surface area contributed by atoms with Gasteiger partial charge in [-0.15, -0.1) is 0 Å². The molecule has 42 heavy (non-hydrogen) atoms. The number of benzene rings is 2. The highest BCUT2D eigenvalue weighted by atomic mass is 14.4. The fraction of sp³-hybridized carbons (Fsp3) is 0.714. The molecule has 0 aliphatic carbocycles. The Morgan fingerprint density at radius 1 is 0.452 bits per heavy atom. The Hall–Kier alpha value is -1.56. The van der Waals surface area contributed by atoms with Crippen molar-refractivity contribution in [1.82, 2.24) is 0 Å². The van der Waals surface area contributed by atoms with Gasteiger partial charge in [-0.3, -0.25) is 0 Å². The lowest BCUT2D eigenvalue weighted by Gasteiger charge is -2.36. The van der Waals surface area contributed by atoms with Crippen molar-refractivity contribution in [3.05, 3.63) is 70.3 Å². The van der Waals surface area contributed by atoms with Crippen LogP contribution in [0.15, 0.2) is 42.5 Å². The van der Waals surface area contributed by atoms with Crippen LogP contribution < -0.4 is 0 Å². The molecule has 0 amide bonds. The average Bonchev–Trinajstić information content (AvgIpc) is 2.78. The molecule has 0 spiro atoms. The summed E-state index contributed by atoms with van der Waals surface area (Å²) in [5.41, 5.74) is 9.08. The van der Waals surface area contributed by atoms with Gasteiger partial charge in [0.2, 0.25) is 0 Å². The molecule has 0 heteroatoms. The summed E-state index contributed by atoms with van der Waals surface area (Å²) in [6.45, 7) is 44.3. The maximum Gasteiger partial charge on any atom is -0.0108 e. The van der Waals surface area contributed by atoms with Gasteiger partial charge in [-0.25, -0.2) is 0 Å². The van der Waals surface area contributed by atoms with Crippen LogP contribution in [0.1, 0.15) is 190 Å². The molecule has 2 rings (SSSR count). The van der Waals surface area contributed by atoms with Crippen LogP contribution in [0, 0.1) is 16.2 Å². The highest BCUT2D eigenvalue weighted by molar-refractivity contribution is 5.39. The Morgan fingerprint density at radius 2 is 0.833 bits per heavy atom. The standard InChI is InChI=1S/C22H38.C20H34/c1-11-16(15-20(2,3)4)17-12-18(21(5,6)7)14-19(13-17)22(8,9)10;1-18(2,3)14-17(20(7,8)9)15-10-12-16(13-11-15)19(4,5)6/h12-14,16H,11,15H2,1-10H3;10-13,17H,14H2,1-9H3. The van der Waals surface area contributed by atoms with E-state index in [9.17, 15) is 0 Å². The second kappa shape index (κ2) is 13.6. The Bertz CT molecular complexity index is 1050. The predicted octanol–water partition coefficient (Wildman–Crippen LogP) is 13.8. The number of hydrogen-bond donors (Lipinski definition) is 0. The van der Waals surface area contributed by atoms with Gasteiger partial charge in [0.05, 0.1) is 0 Å². The molecule has 2 atom stereocenters. The van der Waals surface area contributed by atoms with Gasteiger partial charge in [0.1, 0.15) is 0 Å². The molecule has 2 unspecified atom stereocenters. The Kier molecular flexibility index (Phi) is 12.5. The quantitative estimate of drug-likeness (QED) is 0.332. The van der Waals surface area contributed by atoms with Crippen molar-refractivity contribution in [3.63, 3.8) is 0 Å². The van der Waals surface area contributed by atoms with Crippen molar-refractivity contribution in [2.75, 3.05) is 0 Å². The highest BCUT2D eigenvalue weighted by Crippen LogP contribution is 2.43. The number of hydrogen-bond acceptors (Lipinski definition) is 0. The molecule has 0 heterocycles. The van der Waals surface area contributed by atoms with Crippen molar-refractivity contribution >= 4 is 0 Å². The molecule has 2 aromatic carbocycles. The van der Waals surface area contributed by atoms with Crippen molar-refractivity contribution < 1.29 is 0 Å². The first kappa shape index (κ1) is 38.5. The van der Waals surface area contributed by atoms with Crippen molar-refractivity contribution in [2.45, 2.75) is 179 Å². The van der Waals surface area contributed by atoms with Crippen LogP contribution in [-0.4, -0.2) is 0 Å². The van der Waals surface area contributed by atoms with Crippen LogP contribution in [0.3, 0.4) is 0 Å². The molecular formula is C42H72. The third-order valence-corrected chi connectivity index (χ3v) is 8.55. The largest absolute Gasteiger partial charge is 0.0648 e. The Balaban J connectivity index is 0.000000422. The minimum Gasteiger partial charge on any atom is -0.0648 e. The zero-order valence-electron chi connectivity index (χ0n) is 31.8. The first-order valence-corrected chi connectivity index (χ1v) is 16.8. The van der Waals surface area contributed by atoms with Gasteiger partial charge in [-0.1, -0.05) is 174 Å². The predicted molar refractivity (Wildman–Crippen MR) is 192 cm³/mol. The Labute approximate surface area is 264 Å². The molecule has 0 aliphatic heterocycles. The van der Waals surface area contributed by atoms with Crippen molar-refractivity contribution in [1.29, 1.82) is 0 Å². The summed E-state index contributed by atoms with van der Waals surface area (Å²) in [5, 5.41) is 0. The van der Waals surface area contributed by atoms with Crippen LogP contribution in [-0.2, 0) is 16.2 Å². The smallest absolute Gasteiger partial charge is 0.0108 e. The minimum absolute atomic E-state index is 0.204. The van der Waals surface area contributed by atoms with Crippen LogP contribution in [0.25, 0.3) is 0 Å².